The number of hydrogen-bond donors (Lipinski definition) is 1. The summed E-state index contributed by atoms with van der Waals surface area (Å²) >= 11 is 6.11. The Morgan fingerprint density at radius 2 is 2.12 bits per heavy atom. The first-order valence-electron chi connectivity index (χ1n) is 5.38. The predicted molar refractivity (Wildman–Crippen MR) is 66.2 cm³/mol. The Morgan fingerprint density at radius 3 is 2.76 bits per heavy atom. The highest BCUT2D eigenvalue weighted by molar-refractivity contribution is 6.34. The van der Waals surface area contributed by atoms with Crippen LogP contribution in [0.25, 0.3) is 0 Å². The summed E-state index contributed by atoms with van der Waals surface area (Å²) in [6.45, 7) is 4.02. The van der Waals surface area contributed by atoms with Gasteiger partial charge < -0.3 is 0 Å². The number of nitrogens with zero attached hydrogens (tertiary/aromatic N) is 1. The van der Waals surface area contributed by atoms with Crippen LogP contribution in [0.5, 0.6) is 0 Å². The molecule has 0 radical (unpaired) electrons. The predicted octanol–water partition coefficient (Wildman–Crippen LogP) is 2.34. The second-order valence-corrected chi connectivity index (χ2v) is 4.62. The van der Waals surface area contributed by atoms with Crippen LogP contribution in [0, 0.1) is 12.8 Å². The van der Waals surface area contributed by atoms with E-state index in [1.807, 2.05) is 19.1 Å². The maximum absolute atomic E-state index is 11.8. The average molecular weight is 253 g/mol. The van der Waals surface area contributed by atoms with E-state index in [9.17, 15) is 9.59 Å². The molecule has 0 bridgehead atoms. The lowest BCUT2D eigenvalue weighted by atomic mass is 10.1. The minimum atomic E-state index is -0.413. The number of para-hydroxylation sites is 1. The molecule has 3 amide bonds. The molecule has 1 atom stereocenters. The number of nitrogens with one attached hydrogen (secondary N) is 1. The van der Waals surface area contributed by atoms with Gasteiger partial charge in [-0.05, 0) is 18.6 Å². The van der Waals surface area contributed by atoms with E-state index in [1.165, 1.54) is 4.90 Å². The number of benzene rings is 1. The van der Waals surface area contributed by atoms with E-state index >= 15 is 0 Å². The van der Waals surface area contributed by atoms with E-state index in [4.69, 9.17) is 11.6 Å². The van der Waals surface area contributed by atoms with Crippen molar-refractivity contribution in [2.45, 2.75) is 13.8 Å². The third-order valence-electron chi connectivity index (χ3n) is 2.84. The number of rotatable bonds is 1. The van der Waals surface area contributed by atoms with Crippen molar-refractivity contribution in [1.29, 1.82) is 0 Å². The summed E-state index contributed by atoms with van der Waals surface area (Å²) < 4.78 is 0. The number of carbonyl (C=O) groups excluding carboxylic acids is 2. The van der Waals surface area contributed by atoms with Gasteiger partial charge in [0.15, 0.2) is 0 Å². The molecule has 5 heteroatoms. The molecule has 1 saturated heterocycles. The first kappa shape index (κ1) is 11.9. The second-order valence-electron chi connectivity index (χ2n) is 4.21. The van der Waals surface area contributed by atoms with Gasteiger partial charge in [0.2, 0.25) is 5.91 Å². The van der Waals surface area contributed by atoms with Crippen LogP contribution in [-0.2, 0) is 4.79 Å². The Bertz CT molecular complexity index is 467. The molecule has 2 rings (SSSR count). The molecule has 0 saturated carbocycles. The van der Waals surface area contributed by atoms with Gasteiger partial charge in [0.1, 0.15) is 0 Å². The number of anilines is 1. The van der Waals surface area contributed by atoms with Gasteiger partial charge in [-0.2, -0.15) is 0 Å². The monoisotopic (exact) mass is 252 g/mol. The Morgan fingerprint density at radius 1 is 1.41 bits per heavy atom. The van der Waals surface area contributed by atoms with Crippen molar-refractivity contribution in [1.82, 2.24) is 5.32 Å². The van der Waals surface area contributed by atoms with Crippen molar-refractivity contribution in [2.75, 3.05) is 11.4 Å². The zero-order chi connectivity index (χ0) is 12.6. The Balaban J connectivity index is 2.40. The largest absolute Gasteiger partial charge is 0.328 e. The number of hydrogen-bond acceptors (Lipinski definition) is 2. The van der Waals surface area contributed by atoms with Crippen LogP contribution < -0.4 is 10.2 Å². The van der Waals surface area contributed by atoms with Gasteiger partial charge in [-0.25, -0.2) is 4.79 Å². The van der Waals surface area contributed by atoms with Gasteiger partial charge in [0.05, 0.1) is 16.6 Å². The van der Waals surface area contributed by atoms with Gasteiger partial charge in [0, 0.05) is 6.54 Å². The fraction of sp³-hybridized carbons (Fsp3) is 0.333. The topological polar surface area (TPSA) is 49.4 Å². The summed E-state index contributed by atoms with van der Waals surface area (Å²) in [4.78, 5) is 24.7. The Kier molecular flexibility index (Phi) is 3.07. The minimum absolute atomic E-state index is 0.233. The van der Waals surface area contributed by atoms with Crippen molar-refractivity contribution in [3.63, 3.8) is 0 Å². The zero-order valence-corrected chi connectivity index (χ0v) is 10.4. The number of urea groups is 1. The lowest BCUT2D eigenvalue weighted by molar-refractivity contribution is -0.123. The summed E-state index contributed by atoms with van der Waals surface area (Å²) in [6.07, 6.45) is 0. The highest BCUT2D eigenvalue weighted by atomic mass is 35.5. The number of halogens is 1. The van der Waals surface area contributed by atoms with E-state index in [0.717, 1.165) is 5.56 Å². The normalized spacial score (nSPS) is 20.4. The molecule has 0 spiro atoms. The van der Waals surface area contributed by atoms with Gasteiger partial charge in [-0.3, -0.25) is 15.0 Å². The summed E-state index contributed by atoms with van der Waals surface area (Å²) in [7, 11) is 0. The molecule has 1 N–H and O–H groups in total. The summed E-state index contributed by atoms with van der Waals surface area (Å²) in [5.41, 5.74) is 1.58. The summed E-state index contributed by atoms with van der Waals surface area (Å²) in [6, 6.07) is 5.04. The minimum Gasteiger partial charge on any atom is -0.292 e. The smallest absolute Gasteiger partial charge is 0.292 e. The molecule has 0 aromatic heterocycles. The third-order valence-corrected chi connectivity index (χ3v) is 3.14. The molecule has 17 heavy (non-hydrogen) atoms. The van der Waals surface area contributed by atoms with Crippen molar-refractivity contribution in [3.8, 4) is 0 Å². The molecule has 1 fully saturated rings. The van der Waals surface area contributed by atoms with Gasteiger partial charge >= 0.3 is 6.03 Å². The van der Waals surface area contributed by atoms with Crippen LogP contribution in [0.3, 0.4) is 0 Å². The highest BCUT2D eigenvalue weighted by Gasteiger charge is 2.31. The highest BCUT2D eigenvalue weighted by Crippen LogP contribution is 2.31. The summed E-state index contributed by atoms with van der Waals surface area (Å²) in [5.74, 6) is -0.473. The Hall–Kier alpha value is -1.55. The van der Waals surface area contributed by atoms with Crippen molar-refractivity contribution in [3.05, 3.63) is 28.8 Å². The zero-order valence-electron chi connectivity index (χ0n) is 9.66. The molecule has 1 aromatic rings. The number of imide groups is 1. The maximum Gasteiger partial charge on any atom is 0.328 e. The first-order valence-corrected chi connectivity index (χ1v) is 5.76. The van der Waals surface area contributed by atoms with Crippen LogP contribution in [0.2, 0.25) is 5.02 Å². The van der Waals surface area contributed by atoms with Crippen LogP contribution in [0.1, 0.15) is 12.5 Å². The average Bonchev–Trinajstić information content (AvgIpc) is 2.25. The van der Waals surface area contributed by atoms with Crippen molar-refractivity contribution < 1.29 is 9.59 Å². The van der Waals surface area contributed by atoms with Gasteiger partial charge in [-0.15, -0.1) is 0 Å². The molecule has 90 valence electrons. The van der Waals surface area contributed by atoms with Gasteiger partial charge in [-0.1, -0.05) is 30.7 Å². The van der Waals surface area contributed by atoms with Crippen LogP contribution in [-0.4, -0.2) is 18.5 Å². The summed E-state index contributed by atoms with van der Waals surface area (Å²) in [5, 5.41) is 2.84. The lowest BCUT2D eigenvalue weighted by Gasteiger charge is -2.31. The van der Waals surface area contributed by atoms with E-state index in [-0.39, 0.29) is 11.8 Å². The fourth-order valence-corrected chi connectivity index (χ4v) is 2.22. The molecule has 1 aliphatic heterocycles. The van der Waals surface area contributed by atoms with E-state index in [2.05, 4.69) is 5.32 Å². The molecule has 0 aliphatic carbocycles. The quantitative estimate of drug-likeness (QED) is 0.834. The third kappa shape index (κ3) is 2.13. The molecule has 1 heterocycles. The fourth-order valence-electron chi connectivity index (χ4n) is 1.89. The second kappa shape index (κ2) is 4.37. The van der Waals surface area contributed by atoms with E-state index < -0.39 is 6.03 Å². The number of amides is 3. The van der Waals surface area contributed by atoms with Crippen LogP contribution in [0.4, 0.5) is 10.5 Å². The first-order chi connectivity index (χ1) is 8.00. The molecule has 4 nitrogen and oxygen atoms in total. The number of carbonyl (C=O) groups is 2. The van der Waals surface area contributed by atoms with Crippen LogP contribution in [0.15, 0.2) is 18.2 Å². The molecule has 1 aliphatic rings. The van der Waals surface area contributed by atoms with Crippen molar-refractivity contribution >= 4 is 29.2 Å². The van der Waals surface area contributed by atoms with E-state index in [1.54, 1.807) is 13.0 Å². The molecule has 1 aromatic carbocycles. The maximum atomic E-state index is 11.8. The van der Waals surface area contributed by atoms with Crippen molar-refractivity contribution in [2.24, 2.45) is 5.92 Å². The van der Waals surface area contributed by atoms with Gasteiger partial charge in [0.25, 0.3) is 0 Å². The SMILES string of the molecule is Cc1cccc(Cl)c1N1CC(C)C(=O)NC1=O. The van der Waals surface area contributed by atoms with E-state index in [0.29, 0.717) is 17.3 Å². The molecular formula is C12H13ClN2O2. The molecule has 1 unspecified atom stereocenters. The molecular weight excluding hydrogens is 240 g/mol. The Labute approximate surface area is 105 Å². The standard InChI is InChI=1S/C12H13ClN2O2/c1-7-4-3-5-9(13)10(7)15-6-8(2)11(16)14-12(15)17/h3-5,8H,6H2,1-2H3,(H,14,16,17). The lowest BCUT2D eigenvalue weighted by Crippen LogP contribution is -2.54. The number of aryl methyl sites for hydroxylation is 1. The van der Waals surface area contributed by atoms with Crippen LogP contribution >= 0.6 is 11.6 Å².